The van der Waals surface area contributed by atoms with E-state index in [1.807, 2.05) is 73.7 Å². The van der Waals surface area contributed by atoms with E-state index in [4.69, 9.17) is 0 Å². The van der Waals surface area contributed by atoms with Crippen LogP contribution in [0.4, 0.5) is 11.4 Å². The Morgan fingerprint density at radius 3 is 2.47 bits per heavy atom. The van der Waals surface area contributed by atoms with Crippen molar-refractivity contribution in [2.24, 2.45) is 10.2 Å². The number of rotatable bonds is 3. The minimum Gasteiger partial charge on any atom is -0.320 e. The van der Waals surface area contributed by atoms with Crippen LogP contribution >= 0.6 is 43.6 Å². The number of amides is 2. The SMILES string of the molecule is Cc1ccc(N2C(=O)C(=Cc3cccc(Br)c3)SC2=NN=C2C(=O)Nc3ccc(Br)cc32)cc1. The Balaban J connectivity index is 1.58. The Kier molecular flexibility index (Phi) is 6.24. The molecule has 1 saturated heterocycles. The summed E-state index contributed by atoms with van der Waals surface area (Å²) in [7, 11) is 0. The number of aryl methyl sites for hydroxylation is 1. The van der Waals surface area contributed by atoms with E-state index in [9.17, 15) is 9.59 Å². The Labute approximate surface area is 217 Å². The van der Waals surface area contributed by atoms with Crippen molar-refractivity contribution in [3.05, 3.63) is 97.3 Å². The first-order valence-electron chi connectivity index (χ1n) is 10.2. The average Bonchev–Trinajstić information content (AvgIpc) is 3.28. The van der Waals surface area contributed by atoms with E-state index >= 15 is 0 Å². The highest BCUT2D eigenvalue weighted by molar-refractivity contribution is 9.10. The Bertz CT molecular complexity index is 1430. The van der Waals surface area contributed by atoms with E-state index in [0.717, 1.165) is 20.1 Å². The number of anilines is 2. The van der Waals surface area contributed by atoms with E-state index in [1.165, 1.54) is 16.7 Å². The monoisotopic (exact) mass is 594 g/mol. The van der Waals surface area contributed by atoms with Crippen molar-refractivity contribution in [1.29, 1.82) is 0 Å². The summed E-state index contributed by atoms with van der Waals surface area (Å²) in [5, 5.41) is 11.8. The summed E-state index contributed by atoms with van der Waals surface area (Å²) < 4.78 is 1.75. The topological polar surface area (TPSA) is 74.1 Å². The van der Waals surface area contributed by atoms with Crippen LogP contribution in [-0.4, -0.2) is 22.7 Å². The van der Waals surface area contributed by atoms with Crippen LogP contribution in [0, 0.1) is 6.92 Å². The minimum atomic E-state index is -0.335. The van der Waals surface area contributed by atoms with Crippen LogP contribution in [0.25, 0.3) is 6.08 Å². The molecule has 2 heterocycles. The molecular weight excluding hydrogens is 580 g/mol. The third-order valence-electron chi connectivity index (χ3n) is 5.18. The molecule has 0 bridgehead atoms. The molecule has 2 aliphatic heterocycles. The van der Waals surface area contributed by atoms with Gasteiger partial charge in [-0.2, -0.15) is 0 Å². The molecule has 6 nitrogen and oxygen atoms in total. The summed E-state index contributed by atoms with van der Waals surface area (Å²) in [6.07, 6.45) is 1.82. The van der Waals surface area contributed by atoms with Gasteiger partial charge in [-0.25, -0.2) is 0 Å². The fourth-order valence-electron chi connectivity index (χ4n) is 3.53. The molecule has 168 valence electrons. The first kappa shape index (κ1) is 22.8. The summed E-state index contributed by atoms with van der Waals surface area (Å²) in [6.45, 7) is 1.98. The molecule has 0 aliphatic carbocycles. The van der Waals surface area contributed by atoms with Gasteiger partial charge < -0.3 is 5.32 Å². The van der Waals surface area contributed by atoms with Gasteiger partial charge in [0.05, 0.1) is 16.3 Å². The molecule has 1 N–H and O–H groups in total. The first-order valence-corrected chi connectivity index (χ1v) is 12.6. The second-order valence-corrected chi connectivity index (χ2v) is 10.5. The van der Waals surface area contributed by atoms with Crippen molar-refractivity contribution < 1.29 is 9.59 Å². The summed E-state index contributed by atoms with van der Waals surface area (Å²) >= 11 is 8.12. The van der Waals surface area contributed by atoms with Gasteiger partial charge in [-0.15, -0.1) is 10.2 Å². The quantitative estimate of drug-likeness (QED) is 0.283. The zero-order chi connectivity index (χ0) is 23.8. The van der Waals surface area contributed by atoms with Gasteiger partial charge in [0.1, 0.15) is 0 Å². The third kappa shape index (κ3) is 4.51. The second-order valence-electron chi connectivity index (χ2n) is 7.62. The molecule has 0 saturated carbocycles. The van der Waals surface area contributed by atoms with Crippen LogP contribution in [0.2, 0.25) is 0 Å². The lowest BCUT2D eigenvalue weighted by Crippen LogP contribution is -2.28. The minimum absolute atomic E-state index is 0.199. The summed E-state index contributed by atoms with van der Waals surface area (Å²) in [5.74, 6) is -0.537. The highest BCUT2D eigenvalue weighted by Gasteiger charge is 2.35. The van der Waals surface area contributed by atoms with Crippen molar-refractivity contribution in [2.45, 2.75) is 6.92 Å². The van der Waals surface area contributed by atoms with Gasteiger partial charge in [-0.1, -0.05) is 61.7 Å². The lowest BCUT2D eigenvalue weighted by atomic mass is 10.1. The first-order chi connectivity index (χ1) is 16.4. The smallest absolute Gasteiger partial charge is 0.276 e. The van der Waals surface area contributed by atoms with Crippen LogP contribution in [0.15, 0.2) is 90.8 Å². The number of benzene rings is 3. The molecule has 0 spiro atoms. The van der Waals surface area contributed by atoms with Crippen molar-refractivity contribution in [2.75, 3.05) is 10.2 Å². The average molecular weight is 596 g/mol. The molecule has 0 radical (unpaired) electrons. The number of halogens is 2. The van der Waals surface area contributed by atoms with Gasteiger partial charge in [0.25, 0.3) is 11.8 Å². The maximum absolute atomic E-state index is 13.4. The normalized spacial score (nSPS) is 18.8. The van der Waals surface area contributed by atoms with Crippen molar-refractivity contribution in [3.63, 3.8) is 0 Å². The molecule has 3 aromatic rings. The van der Waals surface area contributed by atoms with Crippen molar-refractivity contribution in [3.8, 4) is 0 Å². The van der Waals surface area contributed by atoms with E-state index in [0.29, 0.717) is 27.0 Å². The van der Waals surface area contributed by atoms with Crippen LogP contribution in [-0.2, 0) is 9.59 Å². The van der Waals surface area contributed by atoms with Crippen LogP contribution in [0.3, 0.4) is 0 Å². The predicted octanol–water partition coefficient (Wildman–Crippen LogP) is 6.35. The van der Waals surface area contributed by atoms with Gasteiger partial charge in [0.15, 0.2) is 5.71 Å². The zero-order valence-corrected chi connectivity index (χ0v) is 21.7. The van der Waals surface area contributed by atoms with Gasteiger partial charge >= 0.3 is 0 Å². The lowest BCUT2D eigenvalue weighted by Gasteiger charge is -2.15. The molecule has 0 aromatic heterocycles. The van der Waals surface area contributed by atoms with Gasteiger partial charge in [0.2, 0.25) is 5.17 Å². The zero-order valence-electron chi connectivity index (χ0n) is 17.8. The van der Waals surface area contributed by atoms with Crippen molar-refractivity contribution >= 4 is 83.8 Å². The molecule has 2 amide bonds. The fraction of sp³-hybridized carbons (Fsp3) is 0.0400. The number of nitrogens with zero attached hydrogens (tertiary/aromatic N) is 3. The summed E-state index contributed by atoms with van der Waals surface area (Å²) in [6, 6.07) is 20.8. The van der Waals surface area contributed by atoms with Gasteiger partial charge in [-0.3, -0.25) is 14.5 Å². The van der Waals surface area contributed by atoms with Crippen LogP contribution < -0.4 is 10.2 Å². The number of carbonyl (C=O) groups is 2. The predicted molar refractivity (Wildman–Crippen MR) is 145 cm³/mol. The maximum Gasteiger partial charge on any atom is 0.276 e. The molecule has 9 heteroatoms. The Hall–Kier alpha value is -3.01. The second kappa shape index (κ2) is 9.32. The number of carbonyl (C=O) groups excluding carboxylic acids is 2. The highest BCUT2D eigenvalue weighted by atomic mass is 79.9. The maximum atomic E-state index is 13.4. The van der Waals surface area contributed by atoms with Gasteiger partial charge in [-0.05, 0) is 72.8 Å². The van der Waals surface area contributed by atoms with E-state index in [2.05, 4.69) is 47.4 Å². The Morgan fingerprint density at radius 1 is 0.941 bits per heavy atom. The molecule has 0 unspecified atom stereocenters. The lowest BCUT2D eigenvalue weighted by molar-refractivity contribution is -0.113. The largest absolute Gasteiger partial charge is 0.320 e. The molecule has 5 rings (SSSR count). The third-order valence-corrected chi connectivity index (χ3v) is 7.13. The number of nitrogens with one attached hydrogen (secondary N) is 1. The molecule has 3 aromatic carbocycles. The molecular formula is C25H16Br2N4O2S. The van der Waals surface area contributed by atoms with E-state index < -0.39 is 0 Å². The number of hydrogen-bond acceptors (Lipinski definition) is 5. The van der Waals surface area contributed by atoms with Crippen LogP contribution in [0.1, 0.15) is 16.7 Å². The summed E-state index contributed by atoms with van der Waals surface area (Å²) in [4.78, 5) is 27.9. The Morgan fingerprint density at radius 2 is 1.71 bits per heavy atom. The van der Waals surface area contributed by atoms with E-state index in [-0.39, 0.29) is 17.5 Å². The highest BCUT2D eigenvalue weighted by Crippen LogP contribution is 2.37. The summed E-state index contributed by atoms with van der Waals surface area (Å²) in [5.41, 5.74) is 4.17. The number of thioether (sulfide) groups is 1. The molecule has 0 atom stereocenters. The fourth-order valence-corrected chi connectivity index (χ4v) is 5.24. The van der Waals surface area contributed by atoms with E-state index in [1.54, 1.807) is 6.07 Å². The molecule has 2 aliphatic rings. The molecule has 34 heavy (non-hydrogen) atoms. The van der Waals surface area contributed by atoms with Crippen molar-refractivity contribution in [1.82, 2.24) is 0 Å². The van der Waals surface area contributed by atoms with Crippen LogP contribution in [0.5, 0.6) is 0 Å². The standard InChI is InChI=1S/C25H16Br2N4O2S/c1-14-5-8-18(9-6-14)31-24(33)21(12-15-3-2-4-16(26)11-15)34-25(31)30-29-22-19-13-17(27)7-10-20(19)28-23(22)32/h2-13H,1H3,(H,28,29,32). The van der Waals surface area contributed by atoms with Gasteiger partial charge in [0, 0.05) is 14.5 Å². The number of amidine groups is 1. The number of fused-ring (bicyclic) bond motifs is 1. The molecule has 1 fully saturated rings. The number of hydrogen-bond donors (Lipinski definition) is 1.